The molecule has 2 aromatic rings. The Balaban J connectivity index is 0.00000126. The Labute approximate surface area is 160 Å². The first-order valence-electron chi connectivity index (χ1n) is 9.05. The van der Waals surface area contributed by atoms with Crippen LogP contribution in [0.15, 0.2) is 36.5 Å². The molecule has 0 spiro atoms. The highest BCUT2D eigenvalue weighted by Gasteiger charge is 2.41. The standard InChI is InChI=1S/C19H25N5O.CH4O/c1-13(2)22-17-20-11-15-16(23-17)12-24(19(15,3)4)18(25)21-10-14-8-6-5-7-9-14;1-2/h5-9,11,13H,10,12H2,1-4H3,(H,21,25)(H,20,22,23);2H,1H3. The second-order valence-electron chi connectivity index (χ2n) is 7.14. The number of nitrogens with one attached hydrogen (secondary N) is 2. The van der Waals surface area contributed by atoms with Crippen LogP contribution in [0.3, 0.4) is 0 Å². The van der Waals surface area contributed by atoms with Crippen LogP contribution in [-0.4, -0.2) is 39.2 Å². The highest BCUT2D eigenvalue weighted by atomic mass is 16.2. The Kier molecular flexibility index (Phi) is 6.74. The smallest absolute Gasteiger partial charge is 0.318 e. The van der Waals surface area contributed by atoms with Crippen LogP contribution in [0.2, 0.25) is 0 Å². The molecule has 7 nitrogen and oxygen atoms in total. The summed E-state index contributed by atoms with van der Waals surface area (Å²) < 4.78 is 0. The molecule has 1 aliphatic rings. The third-order valence-electron chi connectivity index (χ3n) is 4.46. The van der Waals surface area contributed by atoms with E-state index in [0.717, 1.165) is 23.9 Å². The van der Waals surface area contributed by atoms with Gasteiger partial charge in [-0.3, -0.25) is 0 Å². The Hall–Kier alpha value is -2.67. The highest BCUT2D eigenvalue weighted by Crippen LogP contribution is 2.37. The van der Waals surface area contributed by atoms with E-state index in [9.17, 15) is 4.79 Å². The van der Waals surface area contributed by atoms with Crippen molar-refractivity contribution < 1.29 is 9.90 Å². The van der Waals surface area contributed by atoms with Gasteiger partial charge in [-0.15, -0.1) is 0 Å². The van der Waals surface area contributed by atoms with Gasteiger partial charge >= 0.3 is 6.03 Å². The van der Waals surface area contributed by atoms with Crippen molar-refractivity contribution in [1.82, 2.24) is 20.2 Å². The van der Waals surface area contributed by atoms with Crippen LogP contribution in [0.4, 0.5) is 10.7 Å². The maximum Gasteiger partial charge on any atom is 0.318 e. The molecule has 0 saturated heterocycles. The first-order chi connectivity index (χ1) is 12.9. The molecular formula is C20H29N5O2. The van der Waals surface area contributed by atoms with E-state index in [0.29, 0.717) is 19.0 Å². The van der Waals surface area contributed by atoms with E-state index in [1.165, 1.54) is 0 Å². The van der Waals surface area contributed by atoms with Crippen molar-refractivity contribution in [2.24, 2.45) is 0 Å². The molecular weight excluding hydrogens is 342 g/mol. The predicted molar refractivity (Wildman–Crippen MR) is 106 cm³/mol. The van der Waals surface area contributed by atoms with Crippen LogP contribution in [0, 0.1) is 0 Å². The molecule has 3 rings (SSSR count). The van der Waals surface area contributed by atoms with Crippen molar-refractivity contribution in [3.63, 3.8) is 0 Å². The van der Waals surface area contributed by atoms with Gasteiger partial charge in [-0.25, -0.2) is 14.8 Å². The van der Waals surface area contributed by atoms with Gasteiger partial charge in [0.2, 0.25) is 5.95 Å². The summed E-state index contributed by atoms with van der Waals surface area (Å²) in [6.07, 6.45) is 1.83. The minimum Gasteiger partial charge on any atom is -0.400 e. The number of hydrogen-bond acceptors (Lipinski definition) is 5. The monoisotopic (exact) mass is 371 g/mol. The number of anilines is 1. The summed E-state index contributed by atoms with van der Waals surface area (Å²) in [5.74, 6) is 0.607. The van der Waals surface area contributed by atoms with Gasteiger partial charge in [0.25, 0.3) is 0 Å². The second-order valence-corrected chi connectivity index (χ2v) is 7.14. The van der Waals surface area contributed by atoms with Gasteiger partial charge in [-0.1, -0.05) is 30.3 Å². The number of nitrogens with zero attached hydrogens (tertiary/aromatic N) is 3. The summed E-state index contributed by atoms with van der Waals surface area (Å²) in [7, 11) is 1.00. The van der Waals surface area contributed by atoms with Crippen molar-refractivity contribution in [1.29, 1.82) is 0 Å². The Morgan fingerprint density at radius 2 is 1.93 bits per heavy atom. The molecule has 3 N–H and O–H groups in total. The van der Waals surface area contributed by atoms with Gasteiger partial charge in [0.05, 0.1) is 17.8 Å². The molecule has 0 unspecified atom stereocenters. The first-order valence-corrected chi connectivity index (χ1v) is 9.05. The number of carbonyl (C=O) groups is 1. The number of aliphatic hydroxyl groups excluding tert-OH is 1. The van der Waals surface area contributed by atoms with Gasteiger partial charge in [-0.05, 0) is 33.3 Å². The predicted octanol–water partition coefficient (Wildman–Crippen LogP) is 2.87. The van der Waals surface area contributed by atoms with Crippen LogP contribution >= 0.6 is 0 Å². The third kappa shape index (κ3) is 4.74. The average Bonchev–Trinajstić information content (AvgIpc) is 2.92. The summed E-state index contributed by atoms with van der Waals surface area (Å²) in [4.78, 5) is 23.5. The number of amides is 2. The number of benzene rings is 1. The molecule has 1 aromatic carbocycles. The zero-order chi connectivity index (χ0) is 20.0. The summed E-state index contributed by atoms with van der Waals surface area (Å²) in [5.41, 5.74) is 2.54. The van der Waals surface area contributed by atoms with Gasteiger partial charge in [-0.2, -0.15) is 0 Å². The quantitative estimate of drug-likeness (QED) is 0.769. The lowest BCUT2D eigenvalue weighted by Crippen LogP contribution is -2.45. The summed E-state index contributed by atoms with van der Waals surface area (Å²) in [5, 5.41) is 13.2. The van der Waals surface area contributed by atoms with Crippen LogP contribution in [0.25, 0.3) is 0 Å². The van der Waals surface area contributed by atoms with Gasteiger partial charge < -0.3 is 20.6 Å². The number of aromatic nitrogens is 2. The highest BCUT2D eigenvalue weighted by molar-refractivity contribution is 5.76. The summed E-state index contributed by atoms with van der Waals surface area (Å²) in [6.45, 7) is 9.14. The molecule has 1 aliphatic heterocycles. The molecule has 1 aromatic heterocycles. The maximum atomic E-state index is 12.7. The minimum atomic E-state index is -0.438. The lowest BCUT2D eigenvalue weighted by molar-refractivity contribution is 0.144. The minimum absolute atomic E-state index is 0.0924. The van der Waals surface area contributed by atoms with E-state index in [-0.39, 0.29) is 12.1 Å². The topological polar surface area (TPSA) is 90.4 Å². The normalized spacial score (nSPS) is 14.3. The lowest BCUT2D eigenvalue weighted by atomic mass is 9.97. The van der Waals surface area contributed by atoms with Crippen molar-refractivity contribution >= 4 is 12.0 Å². The van der Waals surface area contributed by atoms with Crippen molar-refractivity contribution in [2.45, 2.75) is 52.4 Å². The Morgan fingerprint density at radius 3 is 2.56 bits per heavy atom. The van der Waals surface area contributed by atoms with E-state index in [1.54, 1.807) is 0 Å². The van der Waals surface area contributed by atoms with Crippen LogP contribution in [0.1, 0.15) is 44.5 Å². The molecule has 0 bridgehead atoms. The van der Waals surface area contributed by atoms with Crippen molar-refractivity contribution in [3.8, 4) is 0 Å². The number of hydrogen-bond donors (Lipinski definition) is 3. The summed E-state index contributed by atoms with van der Waals surface area (Å²) >= 11 is 0. The number of carbonyl (C=O) groups excluding carboxylic acids is 1. The Bertz CT molecular complexity index is 762. The molecule has 2 amide bonds. The molecule has 0 atom stereocenters. The van der Waals surface area contributed by atoms with E-state index in [2.05, 4.69) is 20.6 Å². The van der Waals surface area contributed by atoms with E-state index in [1.807, 2.05) is 69.1 Å². The molecule has 0 aliphatic carbocycles. The number of fused-ring (bicyclic) bond motifs is 1. The zero-order valence-corrected chi connectivity index (χ0v) is 16.7. The number of urea groups is 1. The largest absolute Gasteiger partial charge is 0.400 e. The molecule has 27 heavy (non-hydrogen) atoms. The number of aliphatic hydroxyl groups is 1. The summed E-state index contributed by atoms with van der Waals surface area (Å²) in [6, 6.07) is 10.1. The number of rotatable bonds is 4. The molecule has 2 heterocycles. The first kappa shape index (κ1) is 20.6. The van der Waals surface area contributed by atoms with Crippen molar-refractivity contribution in [3.05, 3.63) is 53.3 Å². The third-order valence-corrected chi connectivity index (χ3v) is 4.46. The maximum absolute atomic E-state index is 12.7. The average molecular weight is 371 g/mol. The van der Waals surface area contributed by atoms with E-state index < -0.39 is 5.54 Å². The van der Waals surface area contributed by atoms with E-state index >= 15 is 0 Å². The second kappa shape index (κ2) is 8.81. The molecule has 146 valence electrons. The fraction of sp³-hybridized carbons (Fsp3) is 0.450. The fourth-order valence-electron chi connectivity index (χ4n) is 3.06. The van der Waals surface area contributed by atoms with Gasteiger partial charge in [0.1, 0.15) is 0 Å². The molecule has 7 heteroatoms. The van der Waals surface area contributed by atoms with Crippen LogP contribution in [0.5, 0.6) is 0 Å². The van der Waals surface area contributed by atoms with Crippen molar-refractivity contribution in [2.75, 3.05) is 12.4 Å². The lowest BCUT2D eigenvalue weighted by Gasteiger charge is -2.32. The van der Waals surface area contributed by atoms with E-state index in [4.69, 9.17) is 5.11 Å². The molecule has 0 radical (unpaired) electrons. The van der Waals surface area contributed by atoms with Gasteiger partial charge in [0, 0.05) is 31.5 Å². The fourth-order valence-corrected chi connectivity index (χ4v) is 3.06. The molecule has 0 saturated carbocycles. The SMILES string of the molecule is CC(C)Nc1ncc2c(n1)CN(C(=O)NCc1ccccc1)C2(C)C.CO. The van der Waals surface area contributed by atoms with Gasteiger partial charge in [0.15, 0.2) is 0 Å². The van der Waals surface area contributed by atoms with Crippen LogP contribution in [-0.2, 0) is 18.6 Å². The van der Waals surface area contributed by atoms with Crippen LogP contribution < -0.4 is 10.6 Å². The Morgan fingerprint density at radius 1 is 1.26 bits per heavy atom. The zero-order valence-electron chi connectivity index (χ0n) is 16.7. The molecule has 0 fully saturated rings.